The molecular weight excluding hydrogens is 352 g/mol. The van der Waals surface area contributed by atoms with Gasteiger partial charge in [0.1, 0.15) is 4.21 Å². The van der Waals surface area contributed by atoms with E-state index in [1.807, 2.05) is 36.4 Å². The molecule has 1 aliphatic carbocycles. The largest absolute Gasteiger partial charge is 0.306 e. The van der Waals surface area contributed by atoms with Crippen LogP contribution in [0.2, 0.25) is 0 Å². The molecule has 2 aromatic rings. The van der Waals surface area contributed by atoms with Gasteiger partial charge < -0.3 is 0 Å². The SMILES string of the molecule is CC(C)[C@@H]1CC[C@@H](C)C[C@H]1OS(=O)(=O)c1ccc(-c2ccccc2)s1. The monoisotopic (exact) mass is 378 g/mol. The van der Waals surface area contributed by atoms with Crippen molar-refractivity contribution in [2.24, 2.45) is 17.8 Å². The maximum Gasteiger partial charge on any atom is 0.306 e. The summed E-state index contributed by atoms with van der Waals surface area (Å²) in [5.41, 5.74) is 1.03. The number of hydrogen-bond donors (Lipinski definition) is 0. The van der Waals surface area contributed by atoms with Gasteiger partial charge in [-0.1, -0.05) is 57.5 Å². The Morgan fingerprint density at radius 1 is 1.08 bits per heavy atom. The molecule has 0 radical (unpaired) electrons. The van der Waals surface area contributed by atoms with E-state index in [0.29, 0.717) is 22.0 Å². The van der Waals surface area contributed by atoms with Crippen molar-refractivity contribution in [3.63, 3.8) is 0 Å². The number of benzene rings is 1. The second-order valence-corrected chi connectivity index (χ2v) is 10.3. The van der Waals surface area contributed by atoms with Gasteiger partial charge in [0.2, 0.25) is 0 Å². The van der Waals surface area contributed by atoms with Gasteiger partial charge in [-0.3, -0.25) is 4.18 Å². The second kappa shape index (κ2) is 7.60. The van der Waals surface area contributed by atoms with Crippen molar-refractivity contribution in [3.05, 3.63) is 42.5 Å². The molecule has 0 saturated heterocycles. The molecule has 3 atom stereocenters. The van der Waals surface area contributed by atoms with Crippen LogP contribution in [-0.2, 0) is 14.3 Å². The average molecular weight is 379 g/mol. The highest BCUT2D eigenvalue weighted by molar-refractivity contribution is 7.89. The van der Waals surface area contributed by atoms with Gasteiger partial charge in [0, 0.05) is 4.88 Å². The Kier molecular flexibility index (Phi) is 5.66. The predicted molar refractivity (Wildman–Crippen MR) is 103 cm³/mol. The zero-order valence-corrected chi connectivity index (χ0v) is 16.6. The topological polar surface area (TPSA) is 43.4 Å². The highest BCUT2D eigenvalue weighted by atomic mass is 32.3. The molecule has 25 heavy (non-hydrogen) atoms. The normalized spacial score (nSPS) is 24.6. The molecule has 0 bridgehead atoms. The van der Waals surface area contributed by atoms with Gasteiger partial charge >= 0.3 is 10.1 Å². The standard InChI is InChI=1S/C20H26O3S2/c1-14(2)17-10-9-15(3)13-18(17)23-25(21,22)20-12-11-19(24-20)16-7-5-4-6-8-16/h4-8,11-12,14-15,17-18H,9-10,13H2,1-3H3/t15-,17+,18-/m1/s1. The molecule has 0 N–H and O–H groups in total. The van der Waals surface area contributed by atoms with E-state index in [2.05, 4.69) is 20.8 Å². The molecular formula is C20H26O3S2. The Morgan fingerprint density at radius 3 is 2.48 bits per heavy atom. The van der Waals surface area contributed by atoms with Gasteiger partial charge in [0.05, 0.1) is 6.10 Å². The Bertz CT molecular complexity index is 793. The first-order valence-electron chi connectivity index (χ1n) is 8.95. The molecule has 1 aliphatic rings. The minimum atomic E-state index is -3.72. The summed E-state index contributed by atoms with van der Waals surface area (Å²) in [4.78, 5) is 0.945. The minimum absolute atomic E-state index is 0.212. The van der Waals surface area contributed by atoms with Crippen LogP contribution < -0.4 is 0 Å². The molecule has 1 aromatic carbocycles. The Hall–Kier alpha value is -1.17. The summed E-state index contributed by atoms with van der Waals surface area (Å²) < 4.78 is 31.7. The molecule has 1 aromatic heterocycles. The first-order valence-corrected chi connectivity index (χ1v) is 11.2. The molecule has 0 amide bonds. The van der Waals surface area contributed by atoms with E-state index in [1.54, 1.807) is 6.07 Å². The van der Waals surface area contributed by atoms with Crippen molar-refractivity contribution in [1.82, 2.24) is 0 Å². The van der Waals surface area contributed by atoms with Crippen LogP contribution in [0.15, 0.2) is 46.7 Å². The molecule has 3 nitrogen and oxygen atoms in total. The predicted octanol–water partition coefficient (Wildman–Crippen LogP) is 5.58. The summed E-state index contributed by atoms with van der Waals surface area (Å²) in [7, 11) is -3.72. The lowest BCUT2D eigenvalue weighted by molar-refractivity contribution is 0.0514. The van der Waals surface area contributed by atoms with Crippen LogP contribution in [0.1, 0.15) is 40.0 Å². The van der Waals surface area contributed by atoms with Gasteiger partial charge in [0.15, 0.2) is 0 Å². The smallest absolute Gasteiger partial charge is 0.262 e. The lowest BCUT2D eigenvalue weighted by Crippen LogP contribution is -2.35. The van der Waals surface area contributed by atoms with E-state index >= 15 is 0 Å². The highest BCUT2D eigenvalue weighted by Gasteiger charge is 2.35. The summed E-state index contributed by atoms with van der Waals surface area (Å²) in [6.45, 7) is 6.49. The third-order valence-corrected chi connectivity index (χ3v) is 8.02. The Balaban J connectivity index is 1.80. The molecule has 0 unspecified atom stereocenters. The van der Waals surface area contributed by atoms with Crippen molar-refractivity contribution >= 4 is 21.5 Å². The molecule has 1 fully saturated rings. The van der Waals surface area contributed by atoms with Crippen molar-refractivity contribution in [1.29, 1.82) is 0 Å². The maximum atomic E-state index is 12.8. The van der Waals surface area contributed by atoms with Crippen molar-refractivity contribution in [2.75, 3.05) is 0 Å². The molecule has 1 saturated carbocycles. The first-order chi connectivity index (χ1) is 11.9. The summed E-state index contributed by atoms with van der Waals surface area (Å²) >= 11 is 1.28. The van der Waals surface area contributed by atoms with Gasteiger partial charge in [-0.2, -0.15) is 8.42 Å². The van der Waals surface area contributed by atoms with E-state index in [4.69, 9.17) is 4.18 Å². The Morgan fingerprint density at radius 2 is 1.80 bits per heavy atom. The van der Waals surface area contributed by atoms with E-state index in [1.165, 1.54) is 11.3 Å². The van der Waals surface area contributed by atoms with Gasteiger partial charge in [-0.25, -0.2) is 0 Å². The quantitative estimate of drug-likeness (QED) is 0.638. The summed E-state index contributed by atoms with van der Waals surface area (Å²) in [6, 6.07) is 13.4. The number of thiophene rings is 1. The van der Waals surface area contributed by atoms with E-state index in [0.717, 1.165) is 29.7 Å². The first kappa shape index (κ1) is 18.6. The van der Waals surface area contributed by atoms with Crippen molar-refractivity contribution in [3.8, 4) is 10.4 Å². The maximum absolute atomic E-state index is 12.8. The molecule has 3 rings (SSSR count). The van der Waals surface area contributed by atoms with Gasteiger partial charge in [-0.15, -0.1) is 11.3 Å². The van der Waals surface area contributed by atoms with Crippen molar-refractivity contribution in [2.45, 2.75) is 50.3 Å². The molecule has 0 aliphatic heterocycles. The van der Waals surface area contributed by atoms with E-state index in [9.17, 15) is 8.42 Å². The summed E-state index contributed by atoms with van der Waals surface area (Å²) in [5, 5.41) is 0. The minimum Gasteiger partial charge on any atom is -0.262 e. The summed E-state index contributed by atoms with van der Waals surface area (Å²) in [6.07, 6.45) is 2.80. The van der Waals surface area contributed by atoms with E-state index < -0.39 is 10.1 Å². The van der Waals surface area contributed by atoms with Crippen LogP contribution in [0.3, 0.4) is 0 Å². The van der Waals surface area contributed by atoms with Crippen molar-refractivity contribution < 1.29 is 12.6 Å². The van der Waals surface area contributed by atoms with Crippen LogP contribution in [0, 0.1) is 17.8 Å². The van der Waals surface area contributed by atoms with Crippen LogP contribution in [0.4, 0.5) is 0 Å². The third-order valence-electron chi connectivity index (χ3n) is 5.10. The zero-order valence-electron chi connectivity index (χ0n) is 15.0. The van der Waals surface area contributed by atoms with Crippen LogP contribution >= 0.6 is 11.3 Å². The molecule has 5 heteroatoms. The zero-order chi connectivity index (χ0) is 18.0. The number of rotatable bonds is 5. The average Bonchev–Trinajstić information content (AvgIpc) is 3.06. The second-order valence-electron chi connectivity index (χ2n) is 7.40. The lowest BCUT2D eigenvalue weighted by atomic mass is 9.75. The fourth-order valence-corrected chi connectivity index (χ4v) is 6.06. The fourth-order valence-electron chi connectivity index (χ4n) is 3.65. The molecule has 136 valence electrons. The summed E-state index contributed by atoms with van der Waals surface area (Å²) in [5.74, 6) is 1.24. The Labute approximate surface area is 155 Å². The third kappa shape index (κ3) is 4.33. The highest BCUT2D eigenvalue weighted by Crippen LogP contribution is 2.38. The molecule has 1 heterocycles. The van der Waals surface area contributed by atoms with E-state index in [-0.39, 0.29) is 6.10 Å². The van der Waals surface area contributed by atoms with Crippen LogP contribution in [0.25, 0.3) is 10.4 Å². The van der Waals surface area contributed by atoms with Gasteiger partial charge in [0.25, 0.3) is 0 Å². The lowest BCUT2D eigenvalue weighted by Gasteiger charge is -2.36. The van der Waals surface area contributed by atoms with Gasteiger partial charge in [-0.05, 0) is 48.3 Å². The number of hydrogen-bond acceptors (Lipinski definition) is 4. The van der Waals surface area contributed by atoms with Crippen LogP contribution in [-0.4, -0.2) is 14.5 Å². The molecule has 0 spiro atoms. The van der Waals surface area contributed by atoms with Crippen LogP contribution in [0.5, 0.6) is 0 Å². The fraction of sp³-hybridized carbons (Fsp3) is 0.500.